The van der Waals surface area contributed by atoms with Crippen LogP contribution in [0, 0.1) is 12.3 Å². The third-order valence-corrected chi connectivity index (χ3v) is 7.60. The van der Waals surface area contributed by atoms with E-state index in [1.807, 2.05) is 74.0 Å². The van der Waals surface area contributed by atoms with E-state index in [1.165, 1.54) is 29.3 Å². The Morgan fingerprint density at radius 2 is 1.85 bits per heavy atom. The van der Waals surface area contributed by atoms with Crippen LogP contribution in [0.25, 0.3) is 16.6 Å². The summed E-state index contributed by atoms with van der Waals surface area (Å²) in [7, 11) is 1.50. The topological polar surface area (TPSA) is 102 Å². The first-order valence-electron chi connectivity index (χ1n) is 13.4. The number of hydrogen-bond donors (Lipinski definition) is 2. The number of ketones is 1. The number of para-hydroxylation sites is 1. The molecule has 2 heterocycles. The number of nitrogens with zero attached hydrogens (tertiary/aromatic N) is 3. The van der Waals surface area contributed by atoms with Crippen molar-refractivity contribution in [1.82, 2.24) is 9.55 Å². The molecule has 1 aliphatic rings. The van der Waals surface area contributed by atoms with Crippen LogP contribution in [-0.4, -0.2) is 34.0 Å². The Balaban J connectivity index is 0.000000246. The number of anilines is 1. The number of aryl methyl sites for hydroxylation is 1. The Morgan fingerprint density at radius 1 is 1.12 bits per heavy atom. The quantitative estimate of drug-likeness (QED) is 0.242. The maximum atomic E-state index is 12.1. The lowest BCUT2D eigenvalue weighted by atomic mass is 10.1. The first-order chi connectivity index (χ1) is 19.2. The standard InChI is InChI=1S/C20H23N3OS.C11H11NO.CH5N/c1-5-16(15-8-6-7-13(2)11-15)22-14(3)17-12-21-19(25-17)23-18(24)20(4)9-10-20;1-9(13)8-12-7-6-10-4-2-3-5-11(10)12;1-2/h5-8,11-12H,9-10H2,1-4H3,(H,21,23,24);2-7H,8H2,1H3;2H2,1H3/b16-5-,22-14?;;. The number of nitrogens with one attached hydrogen (secondary N) is 1. The number of amides is 1. The van der Waals surface area contributed by atoms with Crippen molar-refractivity contribution in [2.75, 3.05) is 12.4 Å². The zero-order valence-corrected chi connectivity index (χ0v) is 25.0. The van der Waals surface area contributed by atoms with Gasteiger partial charge in [-0.15, -0.1) is 0 Å². The average Bonchev–Trinajstić information content (AvgIpc) is 3.34. The molecule has 0 radical (unpaired) electrons. The van der Waals surface area contributed by atoms with Gasteiger partial charge in [0.05, 0.1) is 22.8 Å². The van der Waals surface area contributed by atoms with Gasteiger partial charge in [0, 0.05) is 28.9 Å². The lowest BCUT2D eigenvalue weighted by Crippen LogP contribution is -2.21. The van der Waals surface area contributed by atoms with Crippen molar-refractivity contribution >= 4 is 50.5 Å². The molecule has 210 valence electrons. The zero-order valence-electron chi connectivity index (χ0n) is 24.2. The molecule has 0 saturated heterocycles. The molecular formula is C32H39N5O2S. The van der Waals surface area contributed by atoms with E-state index < -0.39 is 0 Å². The molecule has 0 spiro atoms. The summed E-state index contributed by atoms with van der Waals surface area (Å²) in [5.74, 6) is 0.248. The highest BCUT2D eigenvalue weighted by atomic mass is 32.1. The first-order valence-corrected chi connectivity index (χ1v) is 14.2. The fourth-order valence-electron chi connectivity index (χ4n) is 4.02. The minimum atomic E-state index is -0.196. The van der Waals surface area contributed by atoms with Gasteiger partial charge in [-0.3, -0.25) is 14.6 Å². The number of aromatic nitrogens is 2. The molecule has 3 N–H and O–H groups in total. The van der Waals surface area contributed by atoms with Crippen LogP contribution in [0.1, 0.15) is 56.5 Å². The van der Waals surface area contributed by atoms with E-state index in [2.05, 4.69) is 41.2 Å². The SMILES string of the molecule is C/C=C(\N=C(C)c1cnc(NC(=O)C2(C)CC2)s1)c1cccc(C)c1.CC(=O)Cn1ccc2ccccc21.CN. The predicted molar refractivity (Wildman–Crippen MR) is 168 cm³/mol. The monoisotopic (exact) mass is 557 g/mol. The molecular weight excluding hydrogens is 518 g/mol. The first kappa shape index (κ1) is 30.7. The highest BCUT2D eigenvalue weighted by Crippen LogP contribution is 2.45. The third kappa shape index (κ3) is 8.07. The van der Waals surface area contributed by atoms with E-state index in [0.29, 0.717) is 11.7 Å². The number of carbonyl (C=O) groups excluding carboxylic acids is 2. The summed E-state index contributed by atoms with van der Waals surface area (Å²) in [5.41, 5.74) is 9.56. The van der Waals surface area contributed by atoms with E-state index in [1.54, 1.807) is 13.1 Å². The molecule has 8 heteroatoms. The highest BCUT2D eigenvalue weighted by molar-refractivity contribution is 7.17. The van der Waals surface area contributed by atoms with Crippen LogP contribution in [0.2, 0.25) is 0 Å². The molecule has 7 nitrogen and oxygen atoms in total. The molecule has 4 aromatic rings. The molecule has 0 atom stereocenters. The third-order valence-electron chi connectivity index (χ3n) is 6.58. The van der Waals surface area contributed by atoms with Gasteiger partial charge in [-0.05, 0) is 71.2 Å². The lowest BCUT2D eigenvalue weighted by molar-refractivity contribution is -0.120. The Morgan fingerprint density at radius 3 is 2.50 bits per heavy atom. The van der Waals surface area contributed by atoms with Gasteiger partial charge < -0.3 is 15.6 Å². The van der Waals surface area contributed by atoms with Crippen LogP contribution in [0.15, 0.2) is 78.1 Å². The van der Waals surface area contributed by atoms with Crippen LogP contribution >= 0.6 is 11.3 Å². The minimum absolute atomic E-state index is 0.0666. The van der Waals surface area contributed by atoms with Crippen molar-refractivity contribution in [3.63, 3.8) is 0 Å². The van der Waals surface area contributed by atoms with Gasteiger partial charge >= 0.3 is 0 Å². The molecule has 2 aromatic heterocycles. The summed E-state index contributed by atoms with van der Waals surface area (Å²) >= 11 is 1.46. The number of rotatable bonds is 7. The van der Waals surface area contributed by atoms with Crippen LogP contribution in [0.4, 0.5) is 5.13 Å². The van der Waals surface area contributed by atoms with Crippen molar-refractivity contribution in [3.8, 4) is 0 Å². The number of hydrogen-bond acceptors (Lipinski definition) is 6. The Kier molecular flexibility index (Phi) is 10.7. The number of allylic oxidation sites excluding steroid dienone is 1. The normalized spacial score (nSPS) is 14.0. The number of Topliss-reactive ketones (excluding diaryl/α,β-unsaturated/α-hetero) is 1. The molecule has 1 aliphatic carbocycles. The zero-order chi connectivity index (χ0) is 29.3. The van der Waals surface area contributed by atoms with Gasteiger partial charge in [0.25, 0.3) is 0 Å². The van der Waals surface area contributed by atoms with Crippen molar-refractivity contribution in [2.24, 2.45) is 16.1 Å². The molecule has 0 bridgehead atoms. The predicted octanol–water partition coefficient (Wildman–Crippen LogP) is 6.87. The fraction of sp³-hybridized carbons (Fsp3) is 0.312. The number of nitrogens with two attached hydrogens (primary N) is 1. The molecule has 0 unspecified atom stereocenters. The molecule has 1 amide bonds. The highest BCUT2D eigenvalue weighted by Gasteiger charge is 2.45. The number of fused-ring (bicyclic) bond motifs is 1. The fourth-order valence-corrected chi connectivity index (χ4v) is 4.77. The minimum Gasteiger partial charge on any atom is -0.340 e. The second kappa shape index (κ2) is 14.0. The van der Waals surface area contributed by atoms with Crippen LogP contribution in [-0.2, 0) is 16.1 Å². The van der Waals surface area contributed by atoms with Crippen molar-refractivity contribution in [1.29, 1.82) is 0 Å². The molecule has 1 fully saturated rings. The van der Waals surface area contributed by atoms with Crippen LogP contribution < -0.4 is 11.1 Å². The van der Waals surface area contributed by atoms with E-state index in [-0.39, 0.29) is 17.1 Å². The molecule has 40 heavy (non-hydrogen) atoms. The Bertz CT molecular complexity index is 1520. The van der Waals surface area contributed by atoms with Crippen LogP contribution in [0.3, 0.4) is 0 Å². The second-order valence-corrected chi connectivity index (χ2v) is 11.0. The van der Waals surface area contributed by atoms with Gasteiger partial charge in [-0.25, -0.2) is 4.98 Å². The Hall–Kier alpha value is -3.88. The smallest absolute Gasteiger partial charge is 0.232 e. The summed E-state index contributed by atoms with van der Waals surface area (Å²) in [6, 6.07) is 18.4. The molecule has 0 aliphatic heterocycles. The van der Waals surface area contributed by atoms with Gasteiger partial charge in [0.2, 0.25) is 5.91 Å². The largest absolute Gasteiger partial charge is 0.340 e. The summed E-state index contributed by atoms with van der Waals surface area (Å²) in [4.78, 5) is 33.1. The average molecular weight is 558 g/mol. The lowest BCUT2D eigenvalue weighted by Gasteiger charge is -2.06. The summed E-state index contributed by atoms with van der Waals surface area (Å²) in [6.45, 7) is 10.1. The van der Waals surface area contributed by atoms with Gasteiger partial charge in [-0.2, -0.15) is 0 Å². The second-order valence-electron chi connectivity index (χ2n) is 9.99. The van der Waals surface area contributed by atoms with E-state index >= 15 is 0 Å². The maximum Gasteiger partial charge on any atom is 0.232 e. The van der Waals surface area contributed by atoms with E-state index in [9.17, 15) is 9.59 Å². The van der Waals surface area contributed by atoms with Crippen molar-refractivity contribution in [3.05, 3.63) is 89.1 Å². The van der Waals surface area contributed by atoms with Gasteiger partial charge in [0.1, 0.15) is 5.78 Å². The van der Waals surface area contributed by atoms with Gasteiger partial charge in [-0.1, -0.05) is 66.3 Å². The van der Waals surface area contributed by atoms with Gasteiger partial charge in [0.15, 0.2) is 5.13 Å². The molecule has 5 rings (SSSR count). The summed E-state index contributed by atoms with van der Waals surface area (Å²) in [6.07, 6.45) is 7.65. The van der Waals surface area contributed by atoms with E-state index in [4.69, 9.17) is 4.99 Å². The van der Waals surface area contributed by atoms with Crippen LogP contribution in [0.5, 0.6) is 0 Å². The number of carbonyl (C=O) groups is 2. The maximum absolute atomic E-state index is 12.1. The molecule has 1 saturated carbocycles. The number of aliphatic imine (C=N–C) groups is 1. The van der Waals surface area contributed by atoms with E-state index in [0.717, 1.165) is 40.2 Å². The number of benzene rings is 2. The Labute approximate surface area is 240 Å². The number of thiazole rings is 1. The molecule has 2 aromatic carbocycles. The van der Waals surface area contributed by atoms with Crippen molar-refractivity contribution in [2.45, 2.75) is 54.0 Å². The summed E-state index contributed by atoms with van der Waals surface area (Å²) in [5, 5.41) is 4.75. The summed E-state index contributed by atoms with van der Waals surface area (Å²) < 4.78 is 1.97. The van der Waals surface area contributed by atoms with Crippen molar-refractivity contribution < 1.29 is 9.59 Å².